The number of fused-ring (bicyclic) bond motifs is 1. The first kappa shape index (κ1) is 22.7. The number of rotatable bonds is 6. The zero-order valence-corrected chi connectivity index (χ0v) is 18.1. The van der Waals surface area contributed by atoms with Gasteiger partial charge < -0.3 is 4.98 Å². The Morgan fingerprint density at radius 1 is 1.12 bits per heavy atom. The molecule has 0 bridgehead atoms. The van der Waals surface area contributed by atoms with Crippen molar-refractivity contribution in [2.45, 2.75) is 18.6 Å². The molecule has 170 valence electrons. The van der Waals surface area contributed by atoms with Crippen LogP contribution in [0.3, 0.4) is 0 Å². The summed E-state index contributed by atoms with van der Waals surface area (Å²) in [5.74, 6) is -3.89. The maximum Gasteiger partial charge on any atom is 0.216 e. The maximum atomic E-state index is 15.3. The molecule has 2 aromatic carbocycles. The number of benzene rings is 2. The summed E-state index contributed by atoms with van der Waals surface area (Å²) in [7, 11) is -4.19. The lowest BCUT2D eigenvalue weighted by Gasteiger charge is -2.16. The second kappa shape index (κ2) is 8.45. The Balaban J connectivity index is 1.86. The van der Waals surface area contributed by atoms with Crippen molar-refractivity contribution in [1.29, 1.82) is 0 Å². The van der Waals surface area contributed by atoms with Gasteiger partial charge in [-0.05, 0) is 36.2 Å². The molecular formula is C23H18F3N3O3S. The third kappa shape index (κ3) is 4.14. The normalized spacial score (nSPS) is 12.8. The first-order chi connectivity index (χ1) is 15.6. The molecule has 33 heavy (non-hydrogen) atoms. The number of nitrogens with one attached hydrogen (secondary N) is 1. The van der Waals surface area contributed by atoms with E-state index < -0.39 is 44.1 Å². The molecule has 0 aliphatic carbocycles. The lowest BCUT2D eigenvalue weighted by Crippen LogP contribution is -2.23. The van der Waals surface area contributed by atoms with Crippen LogP contribution < -0.4 is 5.14 Å². The Labute approximate surface area is 187 Å². The lowest BCUT2D eigenvalue weighted by molar-refractivity contribution is 0.103. The number of aromatic nitrogens is 2. The highest BCUT2D eigenvalue weighted by Gasteiger charge is 2.30. The molecule has 0 fully saturated rings. The Hall–Kier alpha value is -3.50. The number of primary sulfonamides is 1. The van der Waals surface area contributed by atoms with Gasteiger partial charge in [0.1, 0.15) is 28.3 Å². The van der Waals surface area contributed by atoms with Gasteiger partial charge in [0.05, 0.1) is 5.56 Å². The molecule has 0 spiro atoms. The van der Waals surface area contributed by atoms with Gasteiger partial charge in [-0.15, -0.1) is 0 Å². The van der Waals surface area contributed by atoms with Crippen molar-refractivity contribution >= 4 is 26.8 Å². The highest BCUT2D eigenvalue weighted by molar-refractivity contribution is 7.89. The smallest absolute Gasteiger partial charge is 0.216 e. The fraction of sp³-hybridized carbons (Fsp3) is 0.130. The van der Waals surface area contributed by atoms with Crippen molar-refractivity contribution in [3.8, 4) is 11.1 Å². The summed E-state index contributed by atoms with van der Waals surface area (Å²) in [6.45, 7) is 1.48. The molecule has 2 aromatic heterocycles. The molecular weight excluding hydrogens is 455 g/mol. The van der Waals surface area contributed by atoms with Crippen LogP contribution in [-0.2, 0) is 10.0 Å². The molecule has 4 rings (SSSR count). The first-order valence-corrected chi connectivity index (χ1v) is 11.5. The summed E-state index contributed by atoms with van der Waals surface area (Å²) in [6, 6.07) is 9.11. The number of nitrogens with zero attached hydrogens (tertiary/aromatic N) is 1. The summed E-state index contributed by atoms with van der Waals surface area (Å²) in [4.78, 5) is 20.2. The molecule has 1 atom stereocenters. The van der Waals surface area contributed by atoms with E-state index >= 15 is 4.39 Å². The van der Waals surface area contributed by atoms with E-state index in [-0.39, 0.29) is 28.6 Å². The number of carbonyl (C=O) groups is 1. The van der Waals surface area contributed by atoms with E-state index in [0.29, 0.717) is 11.1 Å². The van der Waals surface area contributed by atoms with Gasteiger partial charge in [-0.1, -0.05) is 25.1 Å². The number of hydrogen-bond donors (Lipinski definition) is 2. The molecule has 0 aliphatic heterocycles. The lowest BCUT2D eigenvalue weighted by atomic mass is 9.97. The number of ketones is 1. The van der Waals surface area contributed by atoms with Crippen LogP contribution in [0.2, 0.25) is 0 Å². The third-order valence-electron chi connectivity index (χ3n) is 5.40. The minimum atomic E-state index is -4.19. The van der Waals surface area contributed by atoms with E-state index in [1.54, 1.807) is 12.1 Å². The van der Waals surface area contributed by atoms with Crippen molar-refractivity contribution in [3.05, 3.63) is 89.0 Å². The van der Waals surface area contributed by atoms with Gasteiger partial charge >= 0.3 is 0 Å². The van der Waals surface area contributed by atoms with Gasteiger partial charge in [0.15, 0.2) is 0 Å². The van der Waals surface area contributed by atoms with Gasteiger partial charge in [0.2, 0.25) is 15.8 Å². The van der Waals surface area contributed by atoms with Crippen molar-refractivity contribution in [1.82, 2.24) is 9.97 Å². The van der Waals surface area contributed by atoms with Crippen LogP contribution in [0.5, 0.6) is 0 Å². The number of halogens is 3. The van der Waals surface area contributed by atoms with Crippen LogP contribution >= 0.6 is 0 Å². The number of sulfonamides is 1. The van der Waals surface area contributed by atoms with E-state index in [0.717, 1.165) is 12.1 Å². The minimum absolute atomic E-state index is 0.0665. The largest absolute Gasteiger partial charge is 0.345 e. The number of nitrogens with two attached hydrogens (primary N) is 1. The Kier molecular flexibility index (Phi) is 5.81. The van der Waals surface area contributed by atoms with E-state index in [1.807, 2.05) is 0 Å². The number of aromatic amines is 1. The number of pyridine rings is 1. The summed E-state index contributed by atoms with van der Waals surface area (Å²) >= 11 is 0. The fourth-order valence-electron chi connectivity index (χ4n) is 3.81. The van der Waals surface area contributed by atoms with E-state index in [1.165, 1.54) is 37.5 Å². The highest BCUT2D eigenvalue weighted by Crippen LogP contribution is 2.32. The topological polar surface area (TPSA) is 106 Å². The Morgan fingerprint density at radius 2 is 1.88 bits per heavy atom. The van der Waals surface area contributed by atoms with E-state index in [4.69, 9.17) is 5.14 Å². The number of hydrogen-bond acceptors (Lipinski definition) is 4. The summed E-state index contributed by atoms with van der Waals surface area (Å²) in [5.41, 5.74) is -0.0801. The van der Waals surface area contributed by atoms with E-state index in [9.17, 15) is 22.0 Å². The van der Waals surface area contributed by atoms with Gasteiger partial charge in [0.25, 0.3) is 0 Å². The van der Waals surface area contributed by atoms with Crippen LogP contribution in [-0.4, -0.2) is 24.2 Å². The number of H-pyrrole nitrogens is 1. The second-order valence-corrected chi connectivity index (χ2v) is 9.22. The zero-order valence-electron chi connectivity index (χ0n) is 17.3. The Morgan fingerprint density at radius 3 is 2.55 bits per heavy atom. The molecule has 4 aromatic rings. The average molecular weight is 473 g/mol. The zero-order chi connectivity index (χ0) is 23.9. The quantitative estimate of drug-likeness (QED) is 0.399. The molecule has 0 aliphatic rings. The van der Waals surface area contributed by atoms with Gasteiger partial charge in [0, 0.05) is 34.5 Å². The molecule has 2 heterocycles. The summed E-state index contributed by atoms with van der Waals surface area (Å²) in [6.07, 6.45) is 2.67. The molecule has 0 radical (unpaired) electrons. The van der Waals surface area contributed by atoms with Gasteiger partial charge in [-0.3, -0.25) is 4.79 Å². The molecule has 3 N–H and O–H groups in total. The van der Waals surface area contributed by atoms with Gasteiger partial charge in [-0.2, -0.15) is 0 Å². The monoisotopic (exact) mass is 473 g/mol. The molecule has 0 saturated heterocycles. The third-order valence-corrected chi connectivity index (χ3v) is 6.78. The minimum Gasteiger partial charge on any atom is -0.345 e. The predicted octanol–water partition coefficient (Wildman–Crippen LogP) is 4.62. The highest BCUT2D eigenvalue weighted by atomic mass is 32.2. The average Bonchev–Trinajstić information content (AvgIpc) is 3.18. The van der Waals surface area contributed by atoms with Crippen LogP contribution in [0.15, 0.2) is 54.9 Å². The molecule has 10 heteroatoms. The first-order valence-electron chi connectivity index (χ1n) is 9.89. The van der Waals surface area contributed by atoms with Crippen molar-refractivity contribution in [2.75, 3.05) is 0 Å². The van der Waals surface area contributed by atoms with Crippen molar-refractivity contribution in [3.63, 3.8) is 0 Å². The molecule has 0 saturated carbocycles. The number of carbonyl (C=O) groups excluding carboxylic acids is 1. The molecule has 1 unspecified atom stereocenters. The van der Waals surface area contributed by atoms with Crippen molar-refractivity contribution < 1.29 is 26.4 Å². The standard InChI is InChI=1S/C23H18F3N3O3S/c1-2-19(33(27,31)32)15-6-7-18(25)20(21(15)26)22(30)17-11-29-23-16(17)9-13(10-28-23)12-4-3-5-14(24)8-12/h3-11,19H,2H2,1H3,(H,28,29)(H2,27,31,32). The molecule has 6 nitrogen and oxygen atoms in total. The van der Waals surface area contributed by atoms with Crippen LogP contribution in [0.4, 0.5) is 13.2 Å². The summed E-state index contributed by atoms with van der Waals surface area (Å²) in [5, 5.41) is 4.03. The SMILES string of the molecule is CCC(c1ccc(F)c(C(=O)c2c[nH]c3ncc(-c4cccc(F)c4)cc23)c1F)S(N)(=O)=O. The van der Waals surface area contributed by atoms with E-state index in [2.05, 4.69) is 9.97 Å². The van der Waals surface area contributed by atoms with Crippen LogP contribution in [0, 0.1) is 17.5 Å². The van der Waals surface area contributed by atoms with Crippen molar-refractivity contribution in [2.24, 2.45) is 5.14 Å². The second-order valence-electron chi connectivity index (χ2n) is 7.47. The maximum absolute atomic E-state index is 15.3. The summed E-state index contributed by atoms with van der Waals surface area (Å²) < 4.78 is 67.3. The Bertz CT molecular complexity index is 1500. The van der Waals surface area contributed by atoms with Crippen LogP contribution in [0.1, 0.15) is 40.1 Å². The van der Waals surface area contributed by atoms with Crippen LogP contribution in [0.25, 0.3) is 22.2 Å². The fourth-order valence-corrected chi connectivity index (χ4v) is 4.81. The predicted molar refractivity (Wildman–Crippen MR) is 117 cm³/mol. The van der Waals surface area contributed by atoms with Gasteiger partial charge in [-0.25, -0.2) is 31.7 Å². The molecule has 0 amide bonds.